The molecular weight excluding hydrogens is 256 g/mol. The zero-order chi connectivity index (χ0) is 13.0. The van der Waals surface area contributed by atoms with Crippen molar-refractivity contribution in [2.24, 2.45) is 0 Å². The fourth-order valence-corrected chi connectivity index (χ4v) is 2.09. The van der Waals surface area contributed by atoms with E-state index in [2.05, 4.69) is 20.8 Å². The predicted molar refractivity (Wildman–Crippen MR) is 65.4 cm³/mol. The molecule has 2 rings (SSSR count). The molecule has 0 radical (unpaired) electrons. The number of carboxylic acid groups (broad SMARTS) is 1. The molecule has 0 fully saturated rings. The van der Waals surface area contributed by atoms with Gasteiger partial charge in [0.25, 0.3) is 0 Å². The standard InChI is InChI=1S/C10H10N4O3S/c15-9(16)8(7-2-1-3-18-7)14-10(17)13-6-4-11-12-5-6/h1-5,8H,(H,11,12)(H,15,16)(H2,13,14,17). The van der Waals surface area contributed by atoms with Crippen molar-refractivity contribution in [3.05, 3.63) is 34.8 Å². The third kappa shape index (κ3) is 2.86. The highest BCUT2D eigenvalue weighted by atomic mass is 32.1. The molecule has 2 amide bonds. The van der Waals surface area contributed by atoms with Gasteiger partial charge < -0.3 is 15.7 Å². The molecule has 0 saturated heterocycles. The third-order valence-corrected chi connectivity index (χ3v) is 3.04. The summed E-state index contributed by atoms with van der Waals surface area (Å²) in [6.45, 7) is 0. The highest BCUT2D eigenvalue weighted by molar-refractivity contribution is 7.10. The maximum absolute atomic E-state index is 11.6. The summed E-state index contributed by atoms with van der Waals surface area (Å²) < 4.78 is 0. The van der Waals surface area contributed by atoms with Crippen LogP contribution in [0.2, 0.25) is 0 Å². The van der Waals surface area contributed by atoms with Gasteiger partial charge in [-0.25, -0.2) is 9.59 Å². The van der Waals surface area contributed by atoms with Crippen molar-refractivity contribution in [2.45, 2.75) is 6.04 Å². The number of aromatic nitrogens is 2. The molecule has 0 bridgehead atoms. The number of urea groups is 1. The van der Waals surface area contributed by atoms with Gasteiger partial charge in [0.15, 0.2) is 6.04 Å². The van der Waals surface area contributed by atoms with Crippen LogP contribution in [-0.4, -0.2) is 27.3 Å². The Morgan fingerprint density at radius 3 is 2.89 bits per heavy atom. The fourth-order valence-electron chi connectivity index (χ4n) is 1.33. The van der Waals surface area contributed by atoms with Crippen LogP contribution in [-0.2, 0) is 4.79 Å². The molecule has 1 atom stereocenters. The highest BCUT2D eigenvalue weighted by Gasteiger charge is 2.22. The van der Waals surface area contributed by atoms with E-state index in [0.717, 1.165) is 0 Å². The van der Waals surface area contributed by atoms with Crippen molar-refractivity contribution in [2.75, 3.05) is 5.32 Å². The molecule has 4 N–H and O–H groups in total. The van der Waals surface area contributed by atoms with E-state index < -0.39 is 18.0 Å². The number of hydrogen-bond acceptors (Lipinski definition) is 4. The smallest absolute Gasteiger partial charge is 0.331 e. The number of carbonyl (C=O) groups excluding carboxylic acids is 1. The van der Waals surface area contributed by atoms with Crippen LogP contribution < -0.4 is 10.6 Å². The Morgan fingerprint density at radius 2 is 2.33 bits per heavy atom. The van der Waals surface area contributed by atoms with Crippen LogP contribution in [0.1, 0.15) is 10.9 Å². The number of hydrogen-bond donors (Lipinski definition) is 4. The van der Waals surface area contributed by atoms with Crippen molar-refractivity contribution in [1.82, 2.24) is 15.5 Å². The third-order valence-electron chi connectivity index (χ3n) is 2.11. The molecule has 0 saturated carbocycles. The summed E-state index contributed by atoms with van der Waals surface area (Å²) in [4.78, 5) is 23.2. The number of rotatable bonds is 4. The van der Waals surface area contributed by atoms with E-state index in [4.69, 9.17) is 5.11 Å². The average Bonchev–Trinajstić information content (AvgIpc) is 2.97. The molecule has 2 aromatic heterocycles. The molecular formula is C10H10N4O3S. The highest BCUT2D eigenvalue weighted by Crippen LogP contribution is 2.19. The number of aliphatic carboxylic acids is 1. The SMILES string of the molecule is O=C(Nc1cn[nH]c1)NC(C(=O)O)c1cccs1. The topological polar surface area (TPSA) is 107 Å². The number of anilines is 1. The van der Waals surface area contributed by atoms with Gasteiger partial charge in [0, 0.05) is 11.1 Å². The number of carboxylic acids is 1. The lowest BCUT2D eigenvalue weighted by atomic mass is 10.2. The van der Waals surface area contributed by atoms with Gasteiger partial charge in [0.05, 0.1) is 11.9 Å². The summed E-state index contributed by atoms with van der Waals surface area (Å²) in [5.41, 5.74) is 0.461. The Balaban J connectivity index is 2.01. The van der Waals surface area contributed by atoms with Crippen molar-refractivity contribution >= 4 is 29.0 Å². The van der Waals surface area contributed by atoms with Crippen LogP contribution in [0.3, 0.4) is 0 Å². The van der Waals surface area contributed by atoms with E-state index >= 15 is 0 Å². The second-order valence-corrected chi connectivity index (χ2v) is 4.35. The van der Waals surface area contributed by atoms with E-state index in [1.165, 1.54) is 23.7 Å². The molecule has 7 nitrogen and oxygen atoms in total. The van der Waals surface area contributed by atoms with E-state index in [1.807, 2.05) is 0 Å². The number of carbonyl (C=O) groups is 2. The molecule has 0 aliphatic rings. The minimum atomic E-state index is -1.11. The van der Waals surface area contributed by atoms with Gasteiger partial charge in [-0.05, 0) is 11.4 Å². The van der Waals surface area contributed by atoms with E-state index in [1.54, 1.807) is 17.5 Å². The average molecular weight is 266 g/mol. The van der Waals surface area contributed by atoms with Crippen LogP contribution in [0.5, 0.6) is 0 Å². The Hall–Kier alpha value is -2.35. The van der Waals surface area contributed by atoms with Crippen LogP contribution in [0.4, 0.5) is 10.5 Å². The summed E-state index contributed by atoms with van der Waals surface area (Å²) >= 11 is 1.27. The minimum Gasteiger partial charge on any atom is -0.479 e. The van der Waals surface area contributed by atoms with Gasteiger partial charge >= 0.3 is 12.0 Å². The van der Waals surface area contributed by atoms with Gasteiger partial charge in [-0.1, -0.05) is 6.07 Å². The van der Waals surface area contributed by atoms with E-state index in [9.17, 15) is 9.59 Å². The zero-order valence-corrected chi connectivity index (χ0v) is 9.90. The first-order valence-corrected chi connectivity index (χ1v) is 5.87. The molecule has 94 valence electrons. The normalized spacial score (nSPS) is 11.8. The molecule has 0 aliphatic carbocycles. The number of nitrogens with zero attached hydrogens (tertiary/aromatic N) is 1. The Kier molecular flexibility index (Phi) is 3.58. The molecule has 0 aromatic carbocycles. The number of nitrogens with one attached hydrogen (secondary N) is 3. The van der Waals surface area contributed by atoms with Gasteiger partial charge in [0.1, 0.15) is 0 Å². The molecule has 1 unspecified atom stereocenters. The molecule has 2 aromatic rings. The quantitative estimate of drug-likeness (QED) is 0.671. The summed E-state index contributed by atoms with van der Waals surface area (Å²) in [5.74, 6) is -1.11. The summed E-state index contributed by atoms with van der Waals surface area (Å²) in [7, 11) is 0. The summed E-state index contributed by atoms with van der Waals surface area (Å²) in [6, 6.07) is 1.72. The Morgan fingerprint density at radius 1 is 1.50 bits per heavy atom. The molecule has 2 heterocycles. The number of thiophene rings is 1. The second-order valence-electron chi connectivity index (χ2n) is 3.37. The number of aromatic amines is 1. The number of H-pyrrole nitrogens is 1. The maximum Gasteiger partial charge on any atom is 0.331 e. The van der Waals surface area contributed by atoms with Crippen LogP contribution in [0.15, 0.2) is 29.9 Å². The summed E-state index contributed by atoms with van der Waals surface area (Å²) in [5, 5.41) is 21.8. The summed E-state index contributed by atoms with van der Waals surface area (Å²) in [6.07, 6.45) is 2.90. The lowest BCUT2D eigenvalue weighted by molar-refractivity contribution is -0.139. The van der Waals surface area contributed by atoms with Gasteiger partial charge in [-0.3, -0.25) is 5.10 Å². The maximum atomic E-state index is 11.6. The molecule has 8 heteroatoms. The van der Waals surface area contributed by atoms with Gasteiger partial charge in [-0.15, -0.1) is 11.3 Å². The first kappa shape index (κ1) is 12.1. The first-order valence-electron chi connectivity index (χ1n) is 4.99. The van der Waals surface area contributed by atoms with Crippen LogP contribution >= 0.6 is 11.3 Å². The van der Waals surface area contributed by atoms with Gasteiger partial charge in [0.2, 0.25) is 0 Å². The fraction of sp³-hybridized carbons (Fsp3) is 0.100. The lowest BCUT2D eigenvalue weighted by Crippen LogP contribution is -2.36. The predicted octanol–water partition coefficient (Wildman–Crippen LogP) is 1.42. The van der Waals surface area contributed by atoms with Crippen LogP contribution in [0.25, 0.3) is 0 Å². The van der Waals surface area contributed by atoms with Crippen molar-refractivity contribution in [3.63, 3.8) is 0 Å². The van der Waals surface area contributed by atoms with Gasteiger partial charge in [-0.2, -0.15) is 5.10 Å². The lowest BCUT2D eigenvalue weighted by Gasteiger charge is -2.12. The molecule has 18 heavy (non-hydrogen) atoms. The zero-order valence-electron chi connectivity index (χ0n) is 9.08. The largest absolute Gasteiger partial charge is 0.479 e. The van der Waals surface area contributed by atoms with E-state index in [0.29, 0.717) is 10.6 Å². The molecule has 0 spiro atoms. The van der Waals surface area contributed by atoms with Crippen LogP contribution in [0, 0.1) is 0 Å². The van der Waals surface area contributed by atoms with Crippen molar-refractivity contribution in [1.29, 1.82) is 0 Å². The van der Waals surface area contributed by atoms with E-state index in [-0.39, 0.29) is 0 Å². The first-order chi connectivity index (χ1) is 8.66. The van der Waals surface area contributed by atoms with Crippen molar-refractivity contribution < 1.29 is 14.7 Å². The number of amides is 2. The minimum absolute atomic E-state index is 0.461. The Labute approximate surface area is 106 Å². The molecule has 0 aliphatic heterocycles. The monoisotopic (exact) mass is 266 g/mol. The van der Waals surface area contributed by atoms with Crippen molar-refractivity contribution in [3.8, 4) is 0 Å². The Bertz CT molecular complexity index is 523. The second kappa shape index (κ2) is 5.32.